The summed E-state index contributed by atoms with van der Waals surface area (Å²) in [6.07, 6.45) is 4.86. The molecule has 5 nitrogen and oxygen atoms in total. The van der Waals surface area contributed by atoms with Crippen molar-refractivity contribution in [2.75, 3.05) is 5.32 Å². The van der Waals surface area contributed by atoms with Crippen LogP contribution >= 0.6 is 11.6 Å². The highest BCUT2D eigenvalue weighted by molar-refractivity contribution is 6.32. The Morgan fingerprint density at radius 1 is 1.50 bits per heavy atom. The number of aliphatic hydroxyl groups excluding tert-OH is 1. The van der Waals surface area contributed by atoms with Crippen LogP contribution in [0.3, 0.4) is 0 Å². The number of H-pyrrole nitrogens is 1. The fourth-order valence-electron chi connectivity index (χ4n) is 1.96. The summed E-state index contributed by atoms with van der Waals surface area (Å²) in [5.41, 5.74) is 0.0633. The van der Waals surface area contributed by atoms with E-state index in [4.69, 9.17) is 11.6 Å². The van der Waals surface area contributed by atoms with Gasteiger partial charge in [-0.2, -0.15) is 5.10 Å². The standard InChI is InChI=1S/C10H14ClN3O2/c11-9-7(5-12-14-10(9)16)13-6-3-1-2-4-8(6)15/h5-6,8,15H,1-4H2,(H2,13,14,16). The molecule has 16 heavy (non-hydrogen) atoms. The fraction of sp³-hybridized carbons (Fsp3) is 0.600. The van der Waals surface area contributed by atoms with E-state index in [0.717, 1.165) is 25.7 Å². The monoisotopic (exact) mass is 243 g/mol. The summed E-state index contributed by atoms with van der Waals surface area (Å²) in [4.78, 5) is 11.2. The lowest BCUT2D eigenvalue weighted by Crippen LogP contribution is -2.36. The molecule has 3 N–H and O–H groups in total. The van der Waals surface area contributed by atoms with Crippen molar-refractivity contribution in [2.45, 2.75) is 37.8 Å². The van der Waals surface area contributed by atoms with Crippen molar-refractivity contribution >= 4 is 17.3 Å². The van der Waals surface area contributed by atoms with E-state index < -0.39 is 5.56 Å². The van der Waals surface area contributed by atoms with Crippen LogP contribution in [0.4, 0.5) is 5.69 Å². The van der Waals surface area contributed by atoms with E-state index in [9.17, 15) is 9.90 Å². The van der Waals surface area contributed by atoms with E-state index in [2.05, 4.69) is 15.5 Å². The summed E-state index contributed by atoms with van der Waals surface area (Å²) in [6, 6.07) is -0.0464. The zero-order chi connectivity index (χ0) is 11.5. The van der Waals surface area contributed by atoms with Gasteiger partial charge >= 0.3 is 0 Å². The molecule has 1 heterocycles. The highest BCUT2D eigenvalue weighted by Crippen LogP contribution is 2.24. The third-order valence-corrected chi connectivity index (χ3v) is 3.24. The Labute approximate surface area is 97.8 Å². The maximum Gasteiger partial charge on any atom is 0.285 e. The predicted octanol–water partition coefficient (Wildman–Crippen LogP) is 1.14. The minimum absolute atomic E-state index is 0.0464. The first-order chi connectivity index (χ1) is 7.68. The van der Waals surface area contributed by atoms with Gasteiger partial charge in [-0.15, -0.1) is 0 Å². The summed E-state index contributed by atoms with van der Waals surface area (Å²) >= 11 is 5.83. The lowest BCUT2D eigenvalue weighted by molar-refractivity contribution is 0.116. The van der Waals surface area contributed by atoms with Gasteiger partial charge in [0.1, 0.15) is 5.02 Å². The van der Waals surface area contributed by atoms with Crippen molar-refractivity contribution < 1.29 is 5.11 Å². The number of nitrogens with zero attached hydrogens (tertiary/aromatic N) is 1. The molecular weight excluding hydrogens is 230 g/mol. The van der Waals surface area contributed by atoms with E-state index in [-0.39, 0.29) is 17.2 Å². The van der Waals surface area contributed by atoms with Crippen molar-refractivity contribution in [3.05, 3.63) is 21.6 Å². The van der Waals surface area contributed by atoms with Crippen molar-refractivity contribution in [3.63, 3.8) is 0 Å². The molecule has 2 atom stereocenters. The maximum absolute atomic E-state index is 11.2. The second-order valence-corrected chi connectivity index (χ2v) is 4.41. The second kappa shape index (κ2) is 4.84. The average molecular weight is 244 g/mol. The highest BCUT2D eigenvalue weighted by atomic mass is 35.5. The van der Waals surface area contributed by atoms with Crippen LogP contribution in [-0.4, -0.2) is 27.4 Å². The van der Waals surface area contributed by atoms with Gasteiger partial charge in [-0.05, 0) is 12.8 Å². The van der Waals surface area contributed by atoms with E-state index in [1.807, 2.05) is 0 Å². The lowest BCUT2D eigenvalue weighted by atomic mass is 9.92. The number of rotatable bonds is 2. The molecule has 0 aliphatic heterocycles. The predicted molar refractivity (Wildman–Crippen MR) is 61.8 cm³/mol. The maximum atomic E-state index is 11.2. The summed E-state index contributed by atoms with van der Waals surface area (Å²) in [6.45, 7) is 0. The first kappa shape index (κ1) is 11.4. The van der Waals surface area contributed by atoms with Gasteiger partial charge in [0.25, 0.3) is 5.56 Å². The van der Waals surface area contributed by atoms with Crippen molar-refractivity contribution in [1.82, 2.24) is 10.2 Å². The summed E-state index contributed by atoms with van der Waals surface area (Å²) < 4.78 is 0. The van der Waals surface area contributed by atoms with Crippen LogP contribution in [0.5, 0.6) is 0 Å². The highest BCUT2D eigenvalue weighted by Gasteiger charge is 2.23. The Hall–Kier alpha value is -1.07. The molecule has 1 saturated carbocycles. The van der Waals surface area contributed by atoms with Gasteiger partial charge in [0.2, 0.25) is 0 Å². The molecule has 0 spiro atoms. The van der Waals surface area contributed by atoms with E-state index >= 15 is 0 Å². The minimum atomic E-state index is -0.419. The molecule has 1 aliphatic carbocycles. The number of aromatic nitrogens is 2. The molecule has 0 amide bonds. The fourth-order valence-corrected chi connectivity index (χ4v) is 2.11. The number of halogens is 1. The Balaban J connectivity index is 2.14. The van der Waals surface area contributed by atoms with Crippen molar-refractivity contribution in [3.8, 4) is 0 Å². The number of hydrogen-bond acceptors (Lipinski definition) is 4. The van der Waals surface area contributed by atoms with Gasteiger partial charge in [0, 0.05) is 0 Å². The van der Waals surface area contributed by atoms with Gasteiger partial charge in [-0.25, -0.2) is 5.10 Å². The zero-order valence-electron chi connectivity index (χ0n) is 8.74. The largest absolute Gasteiger partial charge is 0.391 e. The normalized spacial score (nSPS) is 25.4. The van der Waals surface area contributed by atoms with Crippen molar-refractivity contribution in [2.24, 2.45) is 0 Å². The third-order valence-electron chi connectivity index (χ3n) is 2.87. The van der Waals surface area contributed by atoms with Gasteiger partial charge in [0.15, 0.2) is 0 Å². The molecular formula is C10H14ClN3O2. The molecule has 1 aliphatic rings. The third kappa shape index (κ3) is 2.36. The number of anilines is 1. The van der Waals surface area contributed by atoms with Crippen molar-refractivity contribution in [1.29, 1.82) is 0 Å². The second-order valence-electron chi connectivity index (χ2n) is 4.03. The van der Waals surface area contributed by atoms with E-state index in [1.54, 1.807) is 0 Å². The Morgan fingerprint density at radius 2 is 2.25 bits per heavy atom. The first-order valence-electron chi connectivity index (χ1n) is 5.36. The molecule has 0 bridgehead atoms. The molecule has 1 aromatic heterocycles. The first-order valence-corrected chi connectivity index (χ1v) is 5.74. The Morgan fingerprint density at radius 3 is 3.00 bits per heavy atom. The SMILES string of the molecule is O=c1[nH]ncc(NC2CCCCC2O)c1Cl. The minimum Gasteiger partial charge on any atom is -0.391 e. The number of hydrogen-bond donors (Lipinski definition) is 3. The van der Waals surface area contributed by atoms with Gasteiger partial charge in [-0.1, -0.05) is 24.4 Å². The van der Waals surface area contributed by atoms with Crippen LogP contribution in [0.2, 0.25) is 5.02 Å². The van der Waals surface area contributed by atoms with Gasteiger partial charge in [0.05, 0.1) is 24.0 Å². The molecule has 0 radical (unpaired) electrons. The molecule has 88 valence electrons. The molecule has 6 heteroatoms. The van der Waals surface area contributed by atoms with E-state index in [0.29, 0.717) is 5.69 Å². The Bertz CT molecular complexity index is 421. The van der Waals surface area contributed by atoms with Crippen LogP contribution in [0.15, 0.2) is 11.0 Å². The number of aliphatic hydroxyl groups is 1. The quantitative estimate of drug-likeness (QED) is 0.728. The molecule has 2 unspecified atom stereocenters. The summed E-state index contributed by atoms with van der Waals surface area (Å²) in [5.74, 6) is 0. The Kier molecular flexibility index (Phi) is 3.46. The van der Waals surface area contributed by atoms with Gasteiger partial charge in [-0.3, -0.25) is 4.79 Å². The molecule has 1 fully saturated rings. The van der Waals surface area contributed by atoms with Gasteiger partial charge < -0.3 is 10.4 Å². The molecule has 1 aromatic rings. The summed E-state index contributed by atoms with van der Waals surface area (Å²) in [7, 11) is 0. The molecule has 0 saturated heterocycles. The number of aromatic amines is 1. The number of nitrogens with one attached hydrogen (secondary N) is 2. The van der Waals surface area contributed by atoms with Crippen LogP contribution in [0.1, 0.15) is 25.7 Å². The molecule has 2 rings (SSSR count). The molecule has 0 aromatic carbocycles. The summed E-state index contributed by atoms with van der Waals surface area (Å²) in [5, 5.41) is 18.9. The lowest BCUT2D eigenvalue weighted by Gasteiger charge is -2.29. The zero-order valence-corrected chi connectivity index (χ0v) is 9.50. The average Bonchev–Trinajstić information content (AvgIpc) is 2.28. The van der Waals surface area contributed by atoms with Crippen LogP contribution < -0.4 is 10.9 Å². The van der Waals surface area contributed by atoms with Crippen LogP contribution in [0.25, 0.3) is 0 Å². The smallest absolute Gasteiger partial charge is 0.285 e. The van der Waals surface area contributed by atoms with Crippen LogP contribution in [0, 0.1) is 0 Å². The van der Waals surface area contributed by atoms with Crippen LogP contribution in [-0.2, 0) is 0 Å². The topological polar surface area (TPSA) is 78.0 Å². The van der Waals surface area contributed by atoms with E-state index in [1.165, 1.54) is 6.20 Å².